The van der Waals surface area contributed by atoms with Crippen LogP contribution >= 0.6 is 0 Å². The van der Waals surface area contributed by atoms with Crippen molar-refractivity contribution in [2.24, 2.45) is 0 Å². The summed E-state index contributed by atoms with van der Waals surface area (Å²) >= 11 is 0. The van der Waals surface area contributed by atoms with Crippen LogP contribution in [0.1, 0.15) is 32.8 Å². The Balaban J connectivity index is 2.08. The largest absolute Gasteiger partial charge is 0.343 e. The molecule has 2 heteroatoms. The molecule has 108 valence electrons. The molecule has 0 unspecified atom stereocenters. The van der Waals surface area contributed by atoms with Crippen LogP contribution in [-0.2, 0) is 13.0 Å². The van der Waals surface area contributed by atoms with E-state index in [-0.39, 0.29) is 5.54 Å². The Labute approximate surface area is 122 Å². The quantitative estimate of drug-likeness (QED) is 0.616. The third-order valence-corrected chi connectivity index (χ3v) is 3.48. The van der Waals surface area contributed by atoms with E-state index >= 15 is 0 Å². The summed E-state index contributed by atoms with van der Waals surface area (Å²) in [6, 6.07) is 8.64. The Morgan fingerprint density at radius 3 is 2.70 bits per heavy atom. The van der Waals surface area contributed by atoms with Crippen molar-refractivity contribution in [2.45, 2.75) is 45.7 Å². The number of para-hydroxylation sites is 1. The predicted molar refractivity (Wildman–Crippen MR) is 88.2 cm³/mol. The molecule has 0 radical (unpaired) electrons. The van der Waals surface area contributed by atoms with Crippen LogP contribution in [0.25, 0.3) is 10.9 Å². The van der Waals surface area contributed by atoms with E-state index < -0.39 is 0 Å². The maximum absolute atomic E-state index is 3.84. The van der Waals surface area contributed by atoms with Gasteiger partial charge in [-0.15, -0.1) is 6.58 Å². The molecule has 0 fully saturated rings. The fourth-order valence-electron chi connectivity index (χ4n) is 2.55. The van der Waals surface area contributed by atoms with Gasteiger partial charge in [-0.3, -0.25) is 0 Å². The Morgan fingerprint density at radius 2 is 2.00 bits per heavy atom. The topological polar surface area (TPSA) is 17.0 Å². The molecule has 2 rings (SSSR count). The zero-order valence-electron chi connectivity index (χ0n) is 12.9. The molecule has 0 saturated heterocycles. The van der Waals surface area contributed by atoms with Gasteiger partial charge in [0.15, 0.2) is 0 Å². The molecule has 0 aliphatic carbocycles. The monoisotopic (exact) mass is 270 g/mol. The highest BCUT2D eigenvalue weighted by atomic mass is 15.0. The molecule has 0 aliphatic heterocycles. The molecular formula is C18H26N2. The number of aromatic nitrogens is 1. The van der Waals surface area contributed by atoms with E-state index in [1.165, 1.54) is 22.9 Å². The van der Waals surface area contributed by atoms with Crippen LogP contribution in [0.2, 0.25) is 0 Å². The Hall–Kier alpha value is -1.54. The third kappa shape index (κ3) is 3.73. The summed E-state index contributed by atoms with van der Waals surface area (Å²) in [6.45, 7) is 12.4. The van der Waals surface area contributed by atoms with Crippen LogP contribution in [0.15, 0.2) is 43.1 Å². The Morgan fingerprint density at radius 1 is 1.25 bits per heavy atom. The van der Waals surface area contributed by atoms with Gasteiger partial charge in [0.1, 0.15) is 0 Å². The molecule has 0 spiro atoms. The molecule has 2 aromatic rings. The number of benzene rings is 1. The average Bonchev–Trinajstić information content (AvgIpc) is 2.73. The minimum Gasteiger partial charge on any atom is -0.343 e. The summed E-state index contributed by atoms with van der Waals surface area (Å²) in [4.78, 5) is 0. The molecule has 2 nitrogen and oxygen atoms in total. The van der Waals surface area contributed by atoms with Gasteiger partial charge in [0.2, 0.25) is 0 Å². The lowest BCUT2D eigenvalue weighted by Gasteiger charge is -2.20. The first-order valence-electron chi connectivity index (χ1n) is 7.44. The van der Waals surface area contributed by atoms with Gasteiger partial charge in [-0.05, 0) is 51.8 Å². The maximum Gasteiger partial charge on any atom is 0.0486 e. The van der Waals surface area contributed by atoms with Gasteiger partial charge in [-0.1, -0.05) is 24.3 Å². The first-order valence-corrected chi connectivity index (χ1v) is 7.44. The number of fused-ring (bicyclic) bond motifs is 1. The second-order valence-corrected chi connectivity index (χ2v) is 6.39. The van der Waals surface area contributed by atoms with Gasteiger partial charge in [-0.2, -0.15) is 0 Å². The standard InChI is InChI=1S/C18H26N2/c1-5-13-20-14-15(9-8-12-19-18(2,3)4)16-10-6-7-11-17(16)20/h5-7,10-11,14,19H,1,8-9,12-13H2,2-4H3. The molecule has 1 heterocycles. The van der Waals surface area contributed by atoms with Crippen molar-refractivity contribution in [2.75, 3.05) is 6.54 Å². The third-order valence-electron chi connectivity index (χ3n) is 3.48. The van der Waals surface area contributed by atoms with Crippen molar-refractivity contribution >= 4 is 10.9 Å². The van der Waals surface area contributed by atoms with Crippen molar-refractivity contribution in [1.29, 1.82) is 0 Å². The molecular weight excluding hydrogens is 244 g/mol. The van der Waals surface area contributed by atoms with Gasteiger partial charge in [0, 0.05) is 29.2 Å². The lowest BCUT2D eigenvalue weighted by molar-refractivity contribution is 0.422. The molecule has 0 saturated carbocycles. The number of hydrogen-bond acceptors (Lipinski definition) is 1. The van der Waals surface area contributed by atoms with Crippen molar-refractivity contribution in [3.05, 3.63) is 48.7 Å². The molecule has 0 bridgehead atoms. The summed E-state index contributed by atoms with van der Waals surface area (Å²) < 4.78 is 2.29. The Kier molecular flexibility index (Phi) is 4.66. The summed E-state index contributed by atoms with van der Waals surface area (Å²) in [7, 11) is 0. The number of rotatable bonds is 6. The Bertz CT molecular complexity index is 573. The second kappa shape index (κ2) is 6.27. The van der Waals surface area contributed by atoms with E-state index in [1.54, 1.807) is 0 Å². The average molecular weight is 270 g/mol. The van der Waals surface area contributed by atoms with Crippen molar-refractivity contribution < 1.29 is 0 Å². The molecule has 0 amide bonds. The van der Waals surface area contributed by atoms with E-state index in [0.29, 0.717) is 0 Å². The summed E-state index contributed by atoms with van der Waals surface area (Å²) in [5.74, 6) is 0. The van der Waals surface area contributed by atoms with Crippen LogP contribution in [0.4, 0.5) is 0 Å². The van der Waals surface area contributed by atoms with Crippen LogP contribution in [0.5, 0.6) is 0 Å². The highest BCUT2D eigenvalue weighted by molar-refractivity contribution is 5.84. The van der Waals surface area contributed by atoms with E-state index in [0.717, 1.165) is 19.5 Å². The van der Waals surface area contributed by atoms with Crippen LogP contribution in [-0.4, -0.2) is 16.7 Å². The van der Waals surface area contributed by atoms with Gasteiger partial charge in [0.25, 0.3) is 0 Å². The fourth-order valence-corrected chi connectivity index (χ4v) is 2.55. The minimum absolute atomic E-state index is 0.205. The number of hydrogen-bond donors (Lipinski definition) is 1. The van der Waals surface area contributed by atoms with Crippen molar-refractivity contribution in [3.63, 3.8) is 0 Å². The zero-order valence-corrected chi connectivity index (χ0v) is 12.9. The van der Waals surface area contributed by atoms with Gasteiger partial charge in [-0.25, -0.2) is 0 Å². The fraction of sp³-hybridized carbons (Fsp3) is 0.444. The van der Waals surface area contributed by atoms with Crippen LogP contribution < -0.4 is 5.32 Å². The smallest absolute Gasteiger partial charge is 0.0486 e. The van der Waals surface area contributed by atoms with Crippen molar-refractivity contribution in [1.82, 2.24) is 9.88 Å². The number of nitrogens with zero attached hydrogens (tertiary/aromatic N) is 1. The molecule has 1 aromatic heterocycles. The SMILES string of the molecule is C=CCn1cc(CCCNC(C)(C)C)c2ccccc21. The zero-order chi connectivity index (χ0) is 14.6. The number of allylic oxidation sites excluding steroid dienone is 1. The maximum atomic E-state index is 3.84. The van der Waals surface area contributed by atoms with E-state index in [1.807, 2.05) is 6.08 Å². The first kappa shape index (κ1) is 14.9. The van der Waals surface area contributed by atoms with Crippen molar-refractivity contribution in [3.8, 4) is 0 Å². The second-order valence-electron chi connectivity index (χ2n) is 6.39. The van der Waals surface area contributed by atoms with Gasteiger partial charge >= 0.3 is 0 Å². The number of aryl methyl sites for hydroxylation is 1. The first-order chi connectivity index (χ1) is 9.51. The molecule has 0 aliphatic rings. The predicted octanol–water partition coefficient (Wildman–Crippen LogP) is 4.15. The summed E-state index contributed by atoms with van der Waals surface area (Å²) in [5, 5.41) is 4.93. The molecule has 1 aromatic carbocycles. The minimum atomic E-state index is 0.205. The number of nitrogens with one attached hydrogen (secondary N) is 1. The van der Waals surface area contributed by atoms with Gasteiger partial charge < -0.3 is 9.88 Å². The van der Waals surface area contributed by atoms with E-state index in [4.69, 9.17) is 0 Å². The highest BCUT2D eigenvalue weighted by Crippen LogP contribution is 2.22. The van der Waals surface area contributed by atoms with Crippen LogP contribution in [0.3, 0.4) is 0 Å². The lowest BCUT2D eigenvalue weighted by Crippen LogP contribution is -2.36. The molecule has 0 atom stereocenters. The van der Waals surface area contributed by atoms with Crippen LogP contribution in [0, 0.1) is 0 Å². The van der Waals surface area contributed by atoms with E-state index in [9.17, 15) is 0 Å². The summed E-state index contributed by atoms with van der Waals surface area (Å²) in [6.07, 6.45) is 6.52. The van der Waals surface area contributed by atoms with Gasteiger partial charge in [0.05, 0.1) is 0 Å². The molecule has 1 N–H and O–H groups in total. The summed E-state index contributed by atoms with van der Waals surface area (Å²) in [5.41, 5.74) is 2.96. The highest BCUT2D eigenvalue weighted by Gasteiger charge is 2.09. The van der Waals surface area contributed by atoms with E-state index in [2.05, 4.69) is 67.7 Å². The normalized spacial score (nSPS) is 11.9. The molecule has 20 heavy (non-hydrogen) atoms. The lowest BCUT2D eigenvalue weighted by atomic mass is 10.1.